The first-order chi connectivity index (χ1) is 12.6. The second-order valence-electron chi connectivity index (χ2n) is 7.88. The number of amides is 1. The Morgan fingerprint density at radius 1 is 1.04 bits per heavy atom. The Bertz CT molecular complexity index is 694. The number of piperazine rings is 1. The summed E-state index contributed by atoms with van der Waals surface area (Å²) in [7, 11) is 0. The fraction of sp³-hybridized carbons (Fsp3) is 0.524. The fourth-order valence-corrected chi connectivity index (χ4v) is 4.95. The Hall–Kier alpha value is -2.14. The van der Waals surface area contributed by atoms with Crippen molar-refractivity contribution in [2.75, 3.05) is 32.7 Å². The summed E-state index contributed by atoms with van der Waals surface area (Å²) in [4.78, 5) is 27.9. The predicted molar refractivity (Wildman–Crippen MR) is 95.0 cm³/mol. The van der Waals surface area contributed by atoms with Crippen LogP contribution in [-0.2, 0) is 16.0 Å². The van der Waals surface area contributed by atoms with Crippen molar-refractivity contribution in [3.63, 3.8) is 0 Å². The number of hydrogen-bond acceptors (Lipinski definition) is 3. The highest BCUT2D eigenvalue weighted by Gasteiger charge is 2.50. The summed E-state index contributed by atoms with van der Waals surface area (Å²) >= 11 is 0. The fourth-order valence-electron chi connectivity index (χ4n) is 4.95. The van der Waals surface area contributed by atoms with Gasteiger partial charge in [0.05, 0.1) is 38.6 Å². The number of nitrogens with zero attached hydrogens (tertiary/aromatic N) is 1. The van der Waals surface area contributed by atoms with E-state index in [-0.39, 0.29) is 17.7 Å². The maximum absolute atomic E-state index is 13.0. The summed E-state index contributed by atoms with van der Waals surface area (Å²) in [6.07, 6.45) is 5.83. The Morgan fingerprint density at radius 2 is 1.69 bits per heavy atom. The molecule has 1 saturated carbocycles. The molecule has 1 heterocycles. The molecule has 4 atom stereocenters. The van der Waals surface area contributed by atoms with Gasteiger partial charge < -0.3 is 19.7 Å². The van der Waals surface area contributed by atoms with Crippen molar-refractivity contribution in [3.05, 3.63) is 48.0 Å². The zero-order valence-corrected chi connectivity index (χ0v) is 15.0. The molecule has 0 spiro atoms. The van der Waals surface area contributed by atoms with Gasteiger partial charge in [0.15, 0.2) is 0 Å². The van der Waals surface area contributed by atoms with Crippen molar-refractivity contribution >= 4 is 11.9 Å². The molecule has 5 heteroatoms. The third-order valence-electron chi connectivity index (χ3n) is 6.41. The molecule has 138 valence electrons. The molecule has 2 aliphatic carbocycles. The normalized spacial score (nSPS) is 30.7. The summed E-state index contributed by atoms with van der Waals surface area (Å²) in [5, 5.41) is 11.5. The number of hydrogen-bond donors (Lipinski definition) is 1. The van der Waals surface area contributed by atoms with Gasteiger partial charge in [-0.25, -0.2) is 0 Å². The maximum Gasteiger partial charge on any atom is 0.227 e. The molecule has 1 aromatic rings. The first kappa shape index (κ1) is 17.3. The molecule has 3 aliphatic rings. The SMILES string of the molecule is O=C([O-])[C@@H]1[C@H](C(=O)N2CC[NH+](CCc3ccccc3)CC2)[C@@H]2C=C[C@H]1C2. The number of carboxylic acids is 1. The van der Waals surface area contributed by atoms with Gasteiger partial charge in [0.2, 0.25) is 5.91 Å². The lowest BCUT2D eigenvalue weighted by atomic mass is 9.82. The van der Waals surface area contributed by atoms with Crippen LogP contribution in [0.2, 0.25) is 0 Å². The molecule has 1 aliphatic heterocycles. The zero-order chi connectivity index (χ0) is 18.1. The van der Waals surface area contributed by atoms with E-state index >= 15 is 0 Å². The highest BCUT2D eigenvalue weighted by atomic mass is 16.4. The topological polar surface area (TPSA) is 64.9 Å². The van der Waals surface area contributed by atoms with Crippen molar-refractivity contribution in [2.45, 2.75) is 12.8 Å². The monoisotopic (exact) mass is 354 g/mol. The molecule has 5 nitrogen and oxygen atoms in total. The number of rotatable bonds is 5. The first-order valence-corrected chi connectivity index (χ1v) is 9.69. The van der Waals surface area contributed by atoms with Gasteiger partial charge >= 0.3 is 0 Å². The summed E-state index contributed by atoms with van der Waals surface area (Å²) in [6, 6.07) is 10.5. The number of fused-ring (bicyclic) bond motifs is 2. The van der Waals surface area contributed by atoms with Crippen LogP contribution in [0.3, 0.4) is 0 Å². The highest BCUT2D eigenvalue weighted by molar-refractivity contribution is 5.86. The van der Waals surface area contributed by atoms with E-state index in [1.54, 1.807) is 0 Å². The van der Waals surface area contributed by atoms with Crippen LogP contribution in [0.4, 0.5) is 0 Å². The standard InChI is InChI=1S/C21H26N2O3/c24-20(18-16-6-7-17(14-16)19(18)21(25)26)23-12-10-22(11-13-23)9-8-15-4-2-1-3-5-15/h1-7,16-19H,8-14H2,(H,25,26)/t16-,17+,18-,19+/m1/s1. The summed E-state index contributed by atoms with van der Waals surface area (Å²) in [5.74, 6) is -2.03. The molecule has 1 N–H and O–H groups in total. The molecule has 0 radical (unpaired) electrons. The van der Waals surface area contributed by atoms with E-state index in [9.17, 15) is 14.7 Å². The molecule has 26 heavy (non-hydrogen) atoms. The van der Waals surface area contributed by atoms with Crippen molar-refractivity contribution in [1.82, 2.24) is 4.90 Å². The van der Waals surface area contributed by atoms with Gasteiger partial charge in [0.1, 0.15) is 0 Å². The third kappa shape index (κ3) is 3.28. The average molecular weight is 354 g/mol. The number of quaternary nitrogens is 1. The van der Waals surface area contributed by atoms with Crippen LogP contribution in [0.15, 0.2) is 42.5 Å². The Kier molecular flexibility index (Phi) is 4.81. The van der Waals surface area contributed by atoms with E-state index in [1.807, 2.05) is 23.1 Å². The van der Waals surface area contributed by atoms with Gasteiger partial charge in [-0.05, 0) is 23.8 Å². The number of nitrogens with one attached hydrogen (secondary N) is 1. The maximum atomic E-state index is 13.0. The molecule has 2 bridgehead atoms. The Labute approximate surface area is 154 Å². The smallest absolute Gasteiger partial charge is 0.227 e. The van der Waals surface area contributed by atoms with Crippen LogP contribution in [0, 0.1) is 23.7 Å². The minimum absolute atomic E-state index is 0.0169. The summed E-state index contributed by atoms with van der Waals surface area (Å²) in [6.45, 7) is 4.39. The van der Waals surface area contributed by atoms with Gasteiger partial charge in [-0.3, -0.25) is 4.79 Å². The van der Waals surface area contributed by atoms with Gasteiger partial charge in [-0.1, -0.05) is 42.5 Å². The largest absolute Gasteiger partial charge is 0.550 e. The van der Waals surface area contributed by atoms with Gasteiger partial charge in [-0.2, -0.15) is 0 Å². The van der Waals surface area contributed by atoms with E-state index < -0.39 is 17.8 Å². The van der Waals surface area contributed by atoms with Crippen LogP contribution in [0.5, 0.6) is 0 Å². The number of carbonyl (C=O) groups is 2. The van der Waals surface area contributed by atoms with Crippen molar-refractivity contribution in [3.8, 4) is 0 Å². The second-order valence-corrected chi connectivity index (χ2v) is 7.88. The quantitative estimate of drug-likeness (QED) is 0.700. The van der Waals surface area contributed by atoms with Gasteiger partial charge in [0, 0.05) is 18.3 Å². The zero-order valence-electron chi connectivity index (χ0n) is 15.0. The van der Waals surface area contributed by atoms with Gasteiger partial charge in [0.25, 0.3) is 0 Å². The molecule has 2 fully saturated rings. The van der Waals surface area contributed by atoms with E-state index in [2.05, 4.69) is 24.3 Å². The first-order valence-electron chi connectivity index (χ1n) is 9.69. The van der Waals surface area contributed by atoms with E-state index in [0.717, 1.165) is 45.6 Å². The average Bonchev–Trinajstić information content (AvgIpc) is 3.28. The summed E-state index contributed by atoms with van der Waals surface area (Å²) in [5.41, 5.74) is 1.35. The molecule has 4 rings (SSSR count). The molecule has 1 saturated heterocycles. The van der Waals surface area contributed by atoms with Crippen LogP contribution in [0.1, 0.15) is 12.0 Å². The Morgan fingerprint density at radius 3 is 2.35 bits per heavy atom. The second kappa shape index (κ2) is 7.23. The molecular weight excluding hydrogens is 328 g/mol. The molecule has 0 aromatic heterocycles. The van der Waals surface area contributed by atoms with E-state index in [1.165, 1.54) is 10.5 Å². The number of carbonyl (C=O) groups excluding carboxylic acids is 2. The van der Waals surface area contributed by atoms with E-state index in [0.29, 0.717) is 0 Å². The van der Waals surface area contributed by atoms with Crippen LogP contribution >= 0.6 is 0 Å². The summed E-state index contributed by atoms with van der Waals surface area (Å²) < 4.78 is 0. The van der Waals surface area contributed by atoms with Crippen molar-refractivity contribution in [2.24, 2.45) is 23.7 Å². The minimum Gasteiger partial charge on any atom is -0.550 e. The lowest BCUT2D eigenvalue weighted by molar-refractivity contribution is -0.903. The van der Waals surface area contributed by atoms with Crippen molar-refractivity contribution < 1.29 is 19.6 Å². The number of benzene rings is 1. The van der Waals surface area contributed by atoms with Crippen LogP contribution < -0.4 is 10.0 Å². The number of allylic oxidation sites excluding steroid dienone is 2. The highest BCUT2D eigenvalue weighted by Crippen LogP contribution is 2.48. The predicted octanol–water partition coefficient (Wildman–Crippen LogP) is -0.856. The van der Waals surface area contributed by atoms with Gasteiger partial charge in [-0.15, -0.1) is 0 Å². The van der Waals surface area contributed by atoms with Crippen LogP contribution in [0.25, 0.3) is 0 Å². The van der Waals surface area contributed by atoms with Crippen molar-refractivity contribution in [1.29, 1.82) is 0 Å². The third-order valence-corrected chi connectivity index (χ3v) is 6.41. The number of aliphatic carboxylic acids is 1. The molecular formula is C21H26N2O3. The Balaban J connectivity index is 1.31. The lowest BCUT2D eigenvalue weighted by Crippen LogP contribution is -3.15. The molecule has 0 unspecified atom stereocenters. The molecule has 1 aromatic carbocycles. The number of carboxylic acid groups (broad SMARTS) is 1. The van der Waals surface area contributed by atoms with E-state index in [4.69, 9.17) is 0 Å². The van der Waals surface area contributed by atoms with Crippen LogP contribution in [-0.4, -0.2) is 49.5 Å². The minimum atomic E-state index is -1.06. The molecule has 1 amide bonds. The lowest BCUT2D eigenvalue weighted by Gasteiger charge is -2.37.